The zero-order valence-electron chi connectivity index (χ0n) is 13.0. The normalized spacial score (nSPS) is 11.9. The highest BCUT2D eigenvalue weighted by molar-refractivity contribution is 7.89. The van der Waals surface area contributed by atoms with Gasteiger partial charge in [0, 0.05) is 26.2 Å². The van der Waals surface area contributed by atoms with Gasteiger partial charge in [-0.3, -0.25) is 0 Å². The van der Waals surface area contributed by atoms with Gasteiger partial charge in [0.15, 0.2) is 0 Å². The van der Waals surface area contributed by atoms with Gasteiger partial charge in [0.25, 0.3) is 0 Å². The smallest absolute Gasteiger partial charge is 0.242 e. The minimum atomic E-state index is -3.50. The van der Waals surface area contributed by atoms with Crippen molar-refractivity contribution in [2.24, 2.45) is 0 Å². The van der Waals surface area contributed by atoms with Gasteiger partial charge in [-0.25, -0.2) is 13.1 Å². The minimum absolute atomic E-state index is 0.141. The second-order valence-electron chi connectivity index (χ2n) is 5.45. The van der Waals surface area contributed by atoms with Crippen LogP contribution in [0.15, 0.2) is 29.2 Å². The molecule has 0 aliphatic rings. The van der Waals surface area contributed by atoms with Crippen LogP contribution in [0.2, 0.25) is 0 Å². The van der Waals surface area contributed by atoms with E-state index in [9.17, 15) is 8.42 Å². The van der Waals surface area contributed by atoms with Crippen LogP contribution in [0.5, 0.6) is 0 Å². The number of nitrogens with zero attached hydrogens (tertiary/aromatic N) is 1. The predicted molar refractivity (Wildman–Crippen MR) is 86.1 cm³/mol. The molecular weight excluding hydrogens is 288 g/mol. The molecule has 0 spiro atoms. The van der Waals surface area contributed by atoms with Crippen molar-refractivity contribution in [3.8, 4) is 0 Å². The molecule has 21 heavy (non-hydrogen) atoms. The summed E-state index contributed by atoms with van der Waals surface area (Å²) in [5.74, 6) is 0. The number of hydrogen-bond donors (Lipinski definition) is 2. The predicted octanol–water partition coefficient (Wildman–Crippen LogP) is 1.97. The summed E-state index contributed by atoms with van der Waals surface area (Å²) in [5.41, 5.74) is 0.703. The third-order valence-electron chi connectivity index (χ3n) is 3.11. The van der Waals surface area contributed by atoms with Crippen LogP contribution in [0.4, 0.5) is 5.69 Å². The van der Waals surface area contributed by atoms with Gasteiger partial charge in [-0.15, -0.1) is 0 Å². The van der Waals surface area contributed by atoms with Gasteiger partial charge in [-0.2, -0.15) is 0 Å². The SMILES string of the molecule is CC(C)NS(=O)(=O)c1ccccc1N(C)CCCCCO. The highest BCUT2D eigenvalue weighted by atomic mass is 32.2. The lowest BCUT2D eigenvalue weighted by Crippen LogP contribution is -2.32. The first kappa shape index (κ1) is 17.9. The molecule has 0 aliphatic carbocycles. The van der Waals surface area contributed by atoms with Crippen molar-refractivity contribution in [2.75, 3.05) is 25.1 Å². The second kappa shape index (κ2) is 8.36. The Bertz CT molecular complexity index is 529. The van der Waals surface area contributed by atoms with Crippen LogP contribution >= 0.6 is 0 Å². The van der Waals surface area contributed by atoms with Gasteiger partial charge in [-0.1, -0.05) is 12.1 Å². The quantitative estimate of drug-likeness (QED) is 0.684. The Balaban J connectivity index is 2.88. The molecule has 5 nitrogen and oxygen atoms in total. The zero-order chi connectivity index (χ0) is 15.9. The molecule has 1 aromatic rings. The van der Waals surface area contributed by atoms with Crippen LogP contribution in [0.25, 0.3) is 0 Å². The third kappa shape index (κ3) is 5.65. The van der Waals surface area contributed by atoms with E-state index in [1.807, 2.05) is 24.1 Å². The number of aliphatic hydroxyl groups is 1. The summed E-state index contributed by atoms with van der Waals surface area (Å²) in [4.78, 5) is 2.26. The van der Waals surface area contributed by atoms with E-state index in [2.05, 4.69) is 4.72 Å². The van der Waals surface area contributed by atoms with E-state index >= 15 is 0 Å². The number of nitrogens with one attached hydrogen (secondary N) is 1. The molecule has 0 heterocycles. The van der Waals surface area contributed by atoms with E-state index in [-0.39, 0.29) is 12.6 Å². The van der Waals surface area contributed by atoms with Gasteiger partial charge < -0.3 is 10.0 Å². The fourth-order valence-corrected chi connectivity index (χ4v) is 3.64. The molecule has 2 N–H and O–H groups in total. The first-order valence-corrected chi connectivity index (χ1v) is 8.80. The Morgan fingerprint density at radius 1 is 1.19 bits per heavy atom. The Morgan fingerprint density at radius 2 is 1.86 bits per heavy atom. The first-order chi connectivity index (χ1) is 9.88. The van der Waals surface area contributed by atoms with Crippen LogP contribution in [0.3, 0.4) is 0 Å². The monoisotopic (exact) mass is 314 g/mol. The number of hydrogen-bond acceptors (Lipinski definition) is 4. The highest BCUT2D eigenvalue weighted by Gasteiger charge is 2.20. The van der Waals surface area contributed by atoms with Crippen molar-refractivity contribution in [3.63, 3.8) is 0 Å². The summed E-state index contributed by atoms with van der Waals surface area (Å²) in [6.07, 6.45) is 2.63. The van der Waals surface area contributed by atoms with E-state index in [1.165, 1.54) is 0 Å². The van der Waals surface area contributed by atoms with Crippen molar-refractivity contribution < 1.29 is 13.5 Å². The van der Waals surface area contributed by atoms with E-state index in [0.717, 1.165) is 25.8 Å². The van der Waals surface area contributed by atoms with E-state index in [1.54, 1.807) is 26.0 Å². The molecule has 0 atom stereocenters. The molecular formula is C15H26N2O3S. The number of anilines is 1. The maximum Gasteiger partial charge on any atom is 0.242 e. The molecule has 0 radical (unpaired) electrons. The van der Waals surface area contributed by atoms with Gasteiger partial charge in [0.2, 0.25) is 10.0 Å². The summed E-state index contributed by atoms with van der Waals surface area (Å²) in [7, 11) is -1.61. The molecule has 0 unspecified atom stereocenters. The van der Waals surface area contributed by atoms with Crippen molar-refractivity contribution >= 4 is 15.7 Å². The van der Waals surface area contributed by atoms with Gasteiger partial charge in [0.1, 0.15) is 4.90 Å². The zero-order valence-corrected chi connectivity index (χ0v) is 13.9. The average molecular weight is 314 g/mol. The van der Waals surface area contributed by atoms with Gasteiger partial charge in [-0.05, 0) is 45.2 Å². The molecule has 0 amide bonds. The number of rotatable bonds is 9. The van der Waals surface area contributed by atoms with E-state index in [0.29, 0.717) is 10.6 Å². The fraction of sp³-hybridized carbons (Fsp3) is 0.600. The highest BCUT2D eigenvalue weighted by Crippen LogP contribution is 2.24. The standard InChI is InChI=1S/C15H26N2O3S/c1-13(2)16-21(19,20)15-10-6-5-9-14(15)17(3)11-7-4-8-12-18/h5-6,9-10,13,16,18H,4,7-8,11-12H2,1-3H3. The molecule has 1 aromatic carbocycles. The van der Waals surface area contributed by atoms with Gasteiger partial charge in [0.05, 0.1) is 5.69 Å². The van der Waals surface area contributed by atoms with Crippen LogP contribution < -0.4 is 9.62 Å². The minimum Gasteiger partial charge on any atom is -0.396 e. The van der Waals surface area contributed by atoms with Crippen LogP contribution in [0, 0.1) is 0 Å². The number of sulfonamides is 1. The van der Waals surface area contributed by atoms with E-state index in [4.69, 9.17) is 5.11 Å². The fourth-order valence-electron chi connectivity index (χ4n) is 2.13. The topological polar surface area (TPSA) is 69.6 Å². The summed E-state index contributed by atoms with van der Waals surface area (Å²) < 4.78 is 27.4. The van der Waals surface area contributed by atoms with Gasteiger partial charge >= 0.3 is 0 Å². The summed E-state index contributed by atoms with van der Waals surface area (Å²) in [5, 5.41) is 8.78. The first-order valence-electron chi connectivity index (χ1n) is 7.32. The maximum absolute atomic E-state index is 12.4. The number of benzene rings is 1. The lowest BCUT2D eigenvalue weighted by atomic mass is 10.2. The largest absolute Gasteiger partial charge is 0.396 e. The molecule has 0 bridgehead atoms. The number of unbranched alkanes of at least 4 members (excludes halogenated alkanes) is 2. The van der Waals surface area contributed by atoms with Crippen LogP contribution in [-0.4, -0.2) is 39.8 Å². The Kier molecular flexibility index (Phi) is 7.14. The van der Waals surface area contributed by atoms with Crippen molar-refractivity contribution in [1.29, 1.82) is 0 Å². The molecule has 120 valence electrons. The Labute approximate surface area is 128 Å². The third-order valence-corrected chi connectivity index (χ3v) is 4.81. The van der Waals surface area contributed by atoms with Crippen LogP contribution in [-0.2, 0) is 10.0 Å². The lowest BCUT2D eigenvalue weighted by molar-refractivity contribution is 0.283. The molecule has 0 aromatic heterocycles. The lowest BCUT2D eigenvalue weighted by Gasteiger charge is -2.23. The number of para-hydroxylation sites is 1. The number of aliphatic hydroxyl groups excluding tert-OH is 1. The molecule has 6 heteroatoms. The summed E-state index contributed by atoms with van der Waals surface area (Å²) in [6.45, 7) is 4.57. The Hall–Kier alpha value is -1.11. The maximum atomic E-state index is 12.4. The van der Waals surface area contributed by atoms with Crippen LogP contribution in [0.1, 0.15) is 33.1 Å². The molecule has 0 fully saturated rings. The molecule has 0 saturated heterocycles. The second-order valence-corrected chi connectivity index (χ2v) is 7.13. The average Bonchev–Trinajstić information content (AvgIpc) is 2.42. The molecule has 1 rings (SSSR count). The van der Waals surface area contributed by atoms with Crippen molar-refractivity contribution in [2.45, 2.75) is 44.0 Å². The molecule has 0 saturated carbocycles. The van der Waals surface area contributed by atoms with E-state index < -0.39 is 10.0 Å². The summed E-state index contributed by atoms with van der Waals surface area (Å²) in [6, 6.07) is 6.88. The molecule has 0 aliphatic heterocycles. The Morgan fingerprint density at radius 3 is 2.48 bits per heavy atom. The summed E-state index contributed by atoms with van der Waals surface area (Å²) >= 11 is 0. The van der Waals surface area contributed by atoms with Crippen molar-refractivity contribution in [3.05, 3.63) is 24.3 Å². The van der Waals surface area contributed by atoms with Crippen molar-refractivity contribution in [1.82, 2.24) is 4.72 Å².